The molecule has 73 heavy (non-hydrogen) atoms. The average Bonchev–Trinajstić information content (AvgIpc) is 3.35. The number of methoxy groups -OCH3 is 1. The van der Waals surface area contributed by atoms with Crippen molar-refractivity contribution in [2.75, 3.05) is 33.9 Å². The summed E-state index contributed by atoms with van der Waals surface area (Å²) in [5, 5.41) is 76.1. The summed E-state index contributed by atoms with van der Waals surface area (Å²) in [4.78, 5) is 44.1. The number of pyridine rings is 1. The molecule has 0 spiro atoms. The summed E-state index contributed by atoms with van der Waals surface area (Å²) in [5.74, 6) is -3.59. The van der Waals surface area contributed by atoms with Crippen molar-refractivity contribution in [3.8, 4) is 11.3 Å². The SMILES string of the molecule is CC[C@H]1OC(=O)[C@H](C)[C@@H](O[C@H]2CC(C)(OC)[C@@H](O)[C@H](C)O2)[C@H](C)[C@@H](O[C@@H]2O[C@H](C)C[C@H](N(C)CCC(=O)N[C@H](CF)C(O)c3ccc(-c4cccc(=O)[nH]4)cc3)[C@H]2O)C(C)(O)C[C@@H](C)CN[C@H](C)[C@@H](O)C1(C)O. The molecule has 1 amide bonds. The highest BCUT2D eigenvalue weighted by Crippen LogP contribution is 2.40. The topological polar surface area (TPSA) is 271 Å². The summed E-state index contributed by atoms with van der Waals surface area (Å²) in [6.45, 7) is 16.3. The highest BCUT2D eigenvalue weighted by atomic mass is 19.1. The zero-order chi connectivity index (χ0) is 54.3. The predicted octanol–water partition coefficient (Wildman–Crippen LogP) is 2.86. The first-order valence-electron chi connectivity index (χ1n) is 25.8. The van der Waals surface area contributed by atoms with Crippen LogP contribution in [0, 0.1) is 17.8 Å². The number of carbonyl (C=O) groups is 2. The van der Waals surface area contributed by atoms with Gasteiger partial charge in [-0.2, -0.15) is 0 Å². The number of alkyl halides is 1. The smallest absolute Gasteiger partial charge is 0.311 e. The minimum Gasteiger partial charge on any atom is -0.459 e. The second kappa shape index (κ2) is 25.6. The third kappa shape index (κ3) is 14.7. The second-order valence-electron chi connectivity index (χ2n) is 21.8. The van der Waals surface area contributed by atoms with Gasteiger partial charge < -0.3 is 79.6 Å². The Labute approximate surface area is 429 Å². The highest BCUT2D eigenvalue weighted by Gasteiger charge is 2.52. The summed E-state index contributed by atoms with van der Waals surface area (Å²) in [7, 11) is 3.20. The van der Waals surface area contributed by atoms with E-state index in [0.717, 1.165) is 0 Å². The van der Waals surface area contributed by atoms with E-state index in [4.69, 9.17) is 28.4 Å². The number of halogens is 1. The van der Waals surface area contributed by atoms with Crippen LogP contribution in [0.15, 0.2) is 47.3 Å². The number of H-pyrrole nitrogens is 1. The summed E-state index contributed by atoms with van der Waals surface area (Å²) < 4.78 is 52.3. The van der Waals surface area contributed by atoms with Gasteiger partial charge in [0.05, 0.1) is 47.6 Å². The highest BCUT2D eigenvalue weighted by molar-refractivity contribution is 5.76. The standard InChI is InChI=1S/C53H85FN4O15/c1-13-39-53(10,67)46(63)32(6)55-27-28(2)24-51(8,66)48(30(4)45(31(5)49(65)71-39)72-42-25-52(9,68-12)47(64)33(7)70-42)73-50-44(62)38(23-29(3)69-50)58(11)22-21-41(60)57-37(26-54)43(61)35-19-17-34(18-20-35)36-15-14-16-40(59)56-36/h14-20,28-33,37-39,42-48,50,55,61-64,66-67H,13,21-27H2,1-12H3,(H,56,59)(H,57,60)/t28-,29-,30+,31-,32-,33+,37-,38+,39-,42+,43?,44-,45+,46-,47+,48-,50+,51?,52?,53?/m1/s1. The van der Waals surface area contributed by atoms with Crippen LogP contribution in [0.2, 0.25) is 0 Å². The molecule has 19 nitrogen and oxygen atoms in total. The van der Waals surface area contributed by atoms with E-state index < -0.39 is 133 Å². The molecule has 2 aromatic rings. The number of esters is 1. The molecule has 3 aliphatic heterocycles. The minimum atomic E-state index is -1.88. The number of carbonyl (C=O) groups excluding carboxylic acids is 2. The van der Waals surface area contributed by atoms with Crippen molar-refractivity contribution in [3.63, 3.8) is 0 Å². The molecule has 5 rings (SSSR count). The van der Waals surface area contributed by atoms with Crippen LogP contribution in [-0.4, -0.2) is 183 Å². The van der Waals surface area contributed by atoms with Crippen molar-refractivity contribution in [1.29, 1.82) is 0 Å². The molecule has 1 aromatic heterocycles. The minimum absolute atomic E-state index is 0.0533. The van der Waals surface area contributed by atoms with Gasteiger partial charge in [-0.05, 0) is 104 Å². The number of rotatable bonds is 15. The Morgan fingerprint density at radius 2 is 1.63 bits per heavy atom. The van der Waals surface area contributed by atoms with E-state index in [1.807, 2.05) is 13.8 Å². The number of amides is 1. The maximum atomic E-state index is 14.4. The molecule has 4 unspecified atom stereocenters. The van der Waals surface area contributed by atoms with Crippen molar-refractivity contribution in [1.82, 2.24) is 20.5 Å². The Hall–Kier alpha value is -3.48. The largest absolute Gasteiger partial charge is 0.459 e. The maximum Gasteiger partial charge on any atom is 0.311 e. The normalized spacial score (nSPS) is 39.2. The van der Waals surface area contributed by atoms with E-state index >= 15 is 0 Å². The molecule has 9 N–H and O–H groups in total. The van der Waals surface area contributed by atoms with Gasteiger partial charge in [0, 0.05) is 56.3 Å². The zero-order valence-corrected chi connectivity index (χ0v) is 44.7. The van der Waals surface area contributed by atoms with Crippen LogP contribution < -0.4 is 16.2 Å². The number of hydrogen-bond donors (Lipinski definition) is 9. The molecule has 0 saturated carbocycles. The Bertz CT molecular complexity index is 2130. The van der Waals surface area contributed by atoms with E-state index in [0.29, 0.717) is 29.8 Å². The number of ether oxygens (including phenoxy) is 6. The number of aromatic amines is 1. The summed E-state index contributed by atoms with van der Waals surface area (Å²) in [6.07, 6.45) is -11.7. The lowest BCUT2D eigenvalue weighted by molar-refractivity contribution is -0.318. The van der Waals surface area contributed by atoms with Crippen LogP contribution in [0.1, 0.15) is 113 Å². The Balaban J connectivity index is 1.38. The fourth-order valence-corrected chi connectivity index (χ4v) is 10.9. The molecular weight excluding hydrogens is 952 g/mol. The number of aliphatic hydroxyl groups excluding tert-OH is 4. The molecule has 4 heterocycles. The van der Waals surface area contributed by atoms with Crippen molar-refractivity contribution in [3.05, 3.63) is 58.4 Å². The van der Waals surface area contributed by atoms with Crippen molar-refractivity contribution < 1.29 is 73.0 Å². The van der Waals surface area contributed by atoms with E-state index in [9.17, 15) is 49.4 Å². The van der Waals surface area contributed by atoms with Gasteiger partial charge in [-0.1, -0.05) is 51.1 Å². The fourth-order valence-electron chi connectivity index (χ4n) is 10.9. The van der Waals surface area contributed by atoms with Crippen LogP contribution in [0.5, 0.6) is 0 Å². The van der Waals surface area contributed by atoms with Gasteiger partial charge in [0.25, 0.3) is 0 Å². The molecular formula is C53H85FN4O15. The Morgan fingerprint density at radius 3 is 2.25 bits per heavy atom. The van der Waals surface area contributed by atoms with Crippen LogP contribution in [0.25, 0.3) is 11.3 Å². The number of aliphatic hydroxyl groups is 6. The lowest BCUT2D eigenvalue weighted by atomic mass is 9.77. The Morgan fingerprint density at radius 1 is 0.959 bits per heavy atom. The van der Waals surface area contributed by atoms with Gasteiger partial charge in [0.2, 0.25) is 11.5 Å². The molecule has 20 atom stereocenters. The van der Waals surface area contributed by atoms with Crippen molar-refractivity contribution in [2.24, 2.45) is 17.8 Å². The molecule has 3 aliphatic rings. The predicted molar refractivity (Wildman–Crippen MR) is 268 cm³/mol. The molecule has 414 valence electrons. The maximum absolute atomic E-state index is 14.4. The first-order chi connectivity index (χ1) is 34.2. The molecule has 0 radical (unpaired) electrons. The van der Waals surface area contributed by atoms with Gasteiger partial charge in [-0.15, -0.1) is 0 Å². The number of hydrogen-bond acceptors (Lipinski definition) is 17. The third-order valence-corrected chi connectivity index (χ3v) is 15.5. The second-order valence-corrected chi connectivity index (χ2v) is 21.8. The van der Waals surface area contributed by atoms with Crippen LogP contribution in [0.3, 0.4) is 0 Å². The van der Waals surface area contributed by atoms with E-state index in [2.05, 4.69) is 15.6 Å². The first-order valence-corrected chi connectivity index (χ1v) is 25.8. The summed E-state index contributed by atoms with van der Waals surface area (Å²) >= 11 is 0. The van der Waals surface area contributed by atoms with Crippen LogP contribution in [0.4, 0.5) is 4.39 Å². The molecule has 20 heteroatoms. The third-order valence-electron chi connectivity index (χ3n) is 15.5. The molecule has 3 saturated heterocycles. The fraction of sp³-hybridized carbons (Fsp3) is 0.755. The van der Waals surface area contributed by atoms with Gasteiger partial charge in [0.1, 0.15) is 42.8 Å². The number of benzene rings is 1. The summed E-state index contributed by atoms with van der Waals surface area (Å²) in [5.41, 5.74) is -3.35. The van der Waals surface area contributed by atoms with Gasteiger partial charge in [-0.3, -0.25) is 14.4 Å². The summed E-state index contributed by atoms with van der Waals surface area (Å²) in [6, 6.07) is 8.72. The molecule has 3 fully saturated rings. The molecule has 1 aromatic carbocycles. The number of nitrogens with zero attached hydrogens (tertiary/aromatic N) is 1. The number of cyclic esters (lactones) is 1. The van der Waals surface area contributed by atoms with Crippen LogP contribution in [-0.2, 0) is 38.0 Å². The Kier molecular flexibility index (Phi) is 21.2. The molecule has 0 bridgehead atoms. The monoisotopic (exact) mass is 1040 g/mol. The lowest BCUT2D eigenvalue weighted by Gasteiger charge is -2.49. The van der Waals surface area contributed by atoms with Gasteiger partial charge in [0.15, 0.2) is 12.6 Å². The first kappa shape index (κ1) is 60.4. The average molecular weight is 1040 g/mol. The number of likely N-dealkylation sites (N-methyl/N-ethyl adjacent to an activating group) is 1. The van der Waals surface area contributed by atoms with Gasteiger partial charge in [-0.25, -0.2) is 4.39 Å². The molecule has 0 aliphatic carbocycles. The van der Waals surface area contributed by atoms with E-state index in [1.165, 1.54) is 20.1 Å². The van der Waals surface area contributed by atoms with Crippen LogP contribution >= 0.6 is 0 Å². The van der Waals surface area contributed by atoms with Crippen molar-refractivity contribution in [2.45, 2.75) is 204 Å². The number of aromatic nitrogens is 1. The van der Waals surface area contributed by atoms with Gasteiger partial charge >= 0.3 is 5.97 Å². The van der Waals surface area contributed by atoms with Crippen molar-refractivity contribution >= 4 is 11.9 Å². The quantitative estimate of drug-likeness (QED) is 0.116. The number of nitrogens with one attached hydrogen (secondary N) is 3. The van der Waals surface area contributed by atoms with E-state index in [1.54, 1.807) is 96.8 Å². The zero-order valence-electron chi connectivity index (χ0n) is 44.7. The lowest BCUT2D eigenvalue weighted by Crippen LogP contribution is -2.61. The van der Waals surface area contributed by atoms with E-state index in [-0.39, 0.29) is 43.7 Å².